The highest BCUT2D eigenvalue weighted by molar-refractivity contribution is 7.92. The predicted octanol–water partition coefficient (Wildman–Crippen LogP) is 2.94. The van der Waals surface area contributed by atoms with E-state index in [1.807, 2.05) is 13.0 Å². The second-order valence-corrected chi connectivity index (χ2v) is 11.2. The van der Waals surface area contributed by atoms with Crippen LogP contribution in [0.2, 0.25) is 0 Å². The van der Waals surface area contributed by atoms with E-state index >= 15 is 0 Å². The third-order valence-corrected chi connectivity index (χ3v) is 9.51. The molecule has 0 amide bonds. The molecule has 2 aromatic carbocycles. The van der Waals surface area contributed by atoms with Crippen LogP contribution in [0.4, 0.5) is 0 Å². The van der Waals surface area contributed by atoms with Crippen LogP contribution in [0.3, 0.4) is 0 Å². The Kier molecular flexibility index (Phi) is 5.84. The lowest BCUT2D eigenvalue weighted by Gasteiger charge is -2.31. The van der Waals surface area contributed by atoms with E-state index < -0.39 is 25.1 Å². The van der Waals surface area contributed by atoms with Gasteiger partial charge in [0.15, 0.2) is 9.84 Å². The molecule has 2 aromatic rings. The van der Waals surface area contributed by atoms with E-state index in [1.54, 1.807) is 31.2 Å². The van der Waals surface area contributed by atoms with Crippen LogP contribution in [0.5, 0.6) is 5.75 Å². The fourth-order valence-corrected chi connectivity index (χ4v) is 6.98. The number of methoxy groups -OCH3 is 1. The average molecular weight is 424 g/mol. The van der Waals surface area contributed by atoms with E-state index in [0.29, 0.717) is 16.2 Å². The molecule has 1 fully saturated rings. The molecule has 0 spiro atoms. The minimum Gasteiger partial charge on any atom is -0.497 e. The van der Waals surface area contributed by atoms with Gasteiger partial charge in [0.1, 0.15) is 5.75 Å². The number of hydrogen-bond donors (Lipinski definition) is 0. The summed E-state index contributed by atoms with van der Waals surface area (Å²) in [5.41, 5.74) is 1.57. The lowest BCUT2D eigenvalue weighted by molar-refractivity contribution is 0.345. The van der Waals surface area contributed by atoms with Crippen molar-refractivity contribution in [2.75, 3.05) is 20.2 Å². The van der Waals surface area contributed by atoms with Crippen molar-refractivity contribution in [2.45, 2.75) is 41.7 Å². The fraction of sp³-hybridized carbons (Fsp3) is 0.400. The van der Waals surface area contributed by atoms with Crippen molar-refractivity contribution in [1.82, 2.24) is 4.31 Å². The number of benzene rings is 2. The van der Waals surface area contributed by atoms with E-state index in [4.69, 9.17) is 4.74 Å². The molecule has 0 aromatic heterocycles. The highest BCUT2D eigenvalue weighted by Crippen LogP contribution is 2.29. The summed E-state index contributed by atoms with van der Waals surface area (Å²) in [6, 6.07) is 11.6. The summed E-state index contributed by atoms with van der Waals surface area (Å²) in [5.74, 6) is 0.591. The Labute approximate surface area is 167 Å². The minimum absolute atomic E-state index is 0.190. The van der Waals surface area contributed by atoms with Gasteiger partial charge < -0.3 is 4.74 Å². The molecule has 1 saturated heterocycles. The maximum absolute atomic E-state index is 13.0. The molecule has 1 heterocycles. The molecule has 28 heavy (non-hydrogen) atoms. The third-order valence-electron chi connectivity index (χ3n) is 5.19. The van der Waals surface area contributed by atoms with Gasteiger partial charge >= 0.3 is 0 Å². The maximum atomic E-state index is 13.0. The van der Waals surface area contributed by atoms with Gasteiger partial charge in [-0.2, -0.15) is 4.31 Å². The zero-order valence-electron chi connectivity index (χ0n) is 16.3. The molecule has 0 unspecified atom stereocenters. The molecule has 1 aliphatic heterocycles. The first-order valence-electron chi connectivity index (χ1n) is 9.11. The highest BCUT2D eigenvalue weighted by atomic mass is 32.2. The van der Waals surface area contributed by atoms with Crippen LogP contribution in [0.1, 0.15) is 24.0 Å². The zero-order valence-corrected chi connectivity index (χ0v) is 17.9. The van der Waals surface area contributed by atoms with Crippen LogP contribution in [0, 0.1) is 13.8 Å². The molecule has 0 aliphatic carbocycles. The number of sulfone groups is 1. The summed E-state index contributed by atoms with van der Waals surface area (Å²) in [4.78, 5) is 0.535. The number of aryl methyl sites for hydroxylation is 2. The molecule has 3 rings (SSSR count). The SMILES string of the molecule is COc1ccc(S(=O)(=O)C2CCN(S(=O)(=O)c3cc(C)ccc3C)CC2)cc1. The van der Waals surface area contributed by atoms with E-state index in [2.05, 4.69) is 0 Å². The lowest BCUT2D eigenvalue weighted by Crippen LogP contribution is -2.42. The molecule has 152 valence electrons. The van der Waals surface area contributed by atoms with Crippen molar-refractivity contribution >= 4 is 19.9 Å². The summed E-state index contributed by atoms with van der Waals surface area (Å²) in [6.07, 6.45) is 0.552. The van der Waals surface area contributed by atoms with E-state index in [1.165, 1.54) is 23.5 Å². The second kappa shape index (κ2) is 7.85. The van der Waals surface area contributed by atoms with Crippen LogP contribution in [0.15, 0.2) is 52.3 Å². The summed E-state index contributed by atoms with van der Waals surface area (Å²) >= 11 is 0. The zero-order chi connectivity index (χ0) is 20.5. The molecular formula is C20H25NO5S2. The van der Waals surface area contributed by atoms with E-state index in [-0.39, 0.29) is 30.8 Å². The number of piperidine rings is 1. The molecule has 0 bridgehead atoms. The third kappa shape index (κ3) is 3.94. The molecule has 8 heteroatoms. The Balaban J connectivity index is 1.77. The van der Waals surface area contributed by atoms with Gasteiger partial charge in [0.25, 0.3) is 0 Å². The van der Waals surface area contributed by atoms with Crippen molar-refractivity contribution in [3.63, 3.8) is 0 Å². The molecule has 6 nitrogen and oxygen atoms in total. The van der Waals surface area contributed by atoms with Crippen LogP contribution in [-0.4, -0.2) is 46.6 Å². The van der Waals surface area contributed by atoms with Gasteiger partial charge in [-0.25, -0.2) is 16.8 Å². The van der Waals surface area contributed by atoms with Crippen LogP contribution in [-0.2, 0) is 19.9 Å². The highest BCUT2D eigenvalue weighted by Gasteiger charge is 2.36. The van der Waals surface area contributed by atoms with Crippen molar-refractivity contribution in [2.24, 2.45) is 0 Å². The minimum atomic E-state index is -3.64. The first-order chi connectivity index (χ1) is 13.2. The Morgan fingerprint density at radius 1 is 0.929 bits per heavy atom. The summed E-state index contributed by atoms with van der Waals surface area (Å²) < 4.78 is 58.3. The van der Waals surface area contributed by atoms with Gasteiger partial charge in [0, 0.05) is 13.1 Å². The lowest BCUT2D eigenvalue weighted by atomic mass is 10.2. The number of hydrogen-bond acceptors (Lipinski definition) is 5. The topological polar surface area (TPSA) is 80.8 Å². The first kappa shape index (κ1) is 20.8. The Morgan fingerprint density at radius 2 is 1.54 bits per heavy atom. The van der Waals surface area contributed by atoms with Gasteiger partial charge in [0.05, 0.1) is 22.2 Å². The average Bonchev–Trinajstić information content (AvgIpc) is 2.70. The van der Waals surface area contributed by atoms with Gasteiger partial charge in [0.2, 0.25) is 10.0 Å². The maximum Gasteiger partial charge on any atom is 0.243 e. The summed E-state index contributed by atoms with van der Waals surface area (Å²) in [6.45, 7) is 4.00. The molecule has 0 atom stereocenters. The van der Waals surface area contributed by atoms with E-state index in [9.17, 15) is 16.8 Å². The molecule has 0 saturated carbocycles. The standard InChI is InChI=1S/C20H25NO5S2/c1-15-4-5-16(2)20(14-15)28(24,25)21-12-10-19(11-13-21)27(22,23)18-8-6-17(26-3)7-9-18/h4-9,14,19H,10-13H2,1-3H3. The van der Waals surface area contributed by atoms with Crippen molar-refractivity contribution in [1.29, 1.82) is 0 Å². The molecule has 1 aliphatic rings. The summed E-state index contributed by atoms with van der Waals surface area (Å²) in [7, 11) is -5.62. The normalized spacial score (nSPS) is 16.8. The number of nitrogens with zero attached hydrogens (tertiary/aromatic N) is 1. The van der Waals surface area contributed by atoms with Gasteiger partial charge in [-0.3, -0.25) is 0 Å². The van der Waals surface area contributed by atoms with Crippen LogP contribution in [0.25, 0.3) is 0 Å². The van der Waals surface area contributed by atoms with Crippen molar-refractivity contribution < 1.29 is 21.6 Å². The quantitative estimate of drug-likeness (QED) is 0.739. The van der Waals surface area contributed by atoms with E-state index in [0.717, 1.165) is 5.56 Å². The Bertz CT molecular complexity index is 1050. The first-order valence-corrected chi connectivity index (χ1v) is 12.1. The van der Waals surface area contributed by atoms with Crippen LogP contribution >= 0.6 is 0 Å². The summed E-state index contributed by atoms with van der Waals surface area (Å²) in [5, 5.41) is -0.592. The largest absolute Gasteiger partial charge is 0.497 e. The Hall–Kier alpha value is -1.90. The smallest absolute Gasteiger partial charge is 0.243 e. The number of rotatable bonds is 5. The van der Waals surface area contributed by atoms with Gasteiger partial charge in [-0.15, -0.1) is 0 Å². The number of sulfonamides is 1. The van der Waals surface area contributed by atoms with Gasteiger partial charge in [-0.05, 0) is 68.1 Å². The molecular weight excluding hydrogens is 398 g/mol. The predicted molar refractivity (Wildman–Crippen MR) is 108 cm³/mol. The second-order valence-electron chi connectivity index (χ2n) is 7.09. The number of ether oxygens (including phenoxy) is 1. The van der Waals surface area contributed by atoms with Crippen molar-refractivity contribution in [3.8, 4) is 5.75 Å². The van der Waals surface area contributed by atoms with Gasteiger partial charge in [-0.1, -0.05) is 12.1 Å². The van der Waals surface area contributed by atoms with Crippen LogP contribution < -0.4 is 4.74 Å². The monoisotopic (exact) mass is 423 g/mol. The molecule has 0 N–H and O–H groups in total. The van der Waals surface area contributed by atoms with Crippen molar-refractivity contribution in [3.05, 3.63) is 53.6 Å². The fourth-order valence-electron chi connectivity index (χ4n) is 3.46. The molecule has 0 radical (unpaired) electrons. The Morgan fingerprint density at radius 3 is 2.11 bits per heavy atom.